The smallest absolute Gasteiger partial charge is 0.337 e. The lowest BCUT2D eigenvalue weighted by atomic mass is 9.39. The number of nitrogens with two attached hydrogens (primary N) is 1. The average molecular weight is 662 g/mol. The molecule has 48 heavy (non-hydrogen) atoms. The standard InChI is InChI=1S/C38H47NO9/c1-20-24(48-34(44)30(42)29(39)23-15-11-8-12-16-23)18-38(45)28(22-13-9-7-10-14-22)32-36(5)19-46-26(36)17-25(41)37(32,6)33(43)31(47-21(2)40)27(20)35(38,3)4/h7-16,24-26,28-32,41-42,45H,17-19,39H2,1-6H3/t24-,25-,26+,28?,29-,30+,31+,32?,36+,37+,38+/m0/s1. The summed E-state index contributed by atoms with van der Waals surface area (Å²) in [5, 5.41) is 36.4. The number of benzene rings is 2. The van der Waals surface area contributed by atoms with Crippen molar-refractivity contribution in [1.82, 2.24) is 0 Å². The first kappa shape index (κ1) is 34.5. The second-order valence-electron chi connectivity index (χ2n) is 15.2. The molecule has 0 amide bonds. The highest BCUT2D eigenvalue weighted by Crippen LogP contribution is 2.69. The first-order chi connectivity index (χ1) is 22.5. The predicted molar refractivity (Wildman–Crippen MR) is 175 cm³/mol. The molecule has 10 heteroatoms. The zero-order valence-electron chi connectivity index (χ0n) is 28.4. The van der Waals surface area contributed by atoms with E-state index < -0.39 is 81.9 Å². The zero-order valence-corrected chi connectivity index (χ0v) is 28.4. The van der Waals surface area contributed by atoms with Gasteiger partial charge in [-0.2, -0.15) is 0 Å². The van der Waals surface area contributed by atoms with Crippen molar-refractivity contribution >= 4 is 17.7 Å². The van der Waals surface area contributed by atoms with E-state index in [1.807, 2.05) is 51.1 Å². The number of hydrogen-bond acceptors (Lipinski definition) is 10. The minimum Gasteiger partial charge on any atom is -0.456 e. The van der Waals surface area contributed by atoms with E-state index in [1.54, 1.807) is 44.2 Å². The number of Topliss-reactive ketones (excluding diaryl/α,β-unsaturated/α-hetero) is 1. The van der Waals surface area contributed by atoms with Gasteiger partial charge in [-0.15, -0.1) is 0 Å². The van der Waals surface area contributed by atoms with E-state index >= 15 is 4.79 Å². The third-order valence-electron chi connectivity index (χ3n) is 12.3. The summed E-state index contributed by atoms with van der Waals surface area (Å²) in [6.45, 7) is 10.6. The Labute approximate surface area is 281 Å². The first-order valence-electron chi connectivity index (χ1n) is 16.7. The number of ketones is 1. The van der Waals surface area contributed by atoms with Gasteiger partial charge in [-0.05, 0) is 42.0 Å². The molecule has 1 aliphatic heterocycles. The van der Waals surface area contributed by atoms with Gasteiger partial charge in [0.2, 0.25) is 0 Å². The maximum Gasteiger partial charge on any atom is 0.337 e. The van der Waals surface area contributed by atoms with Gasteiger partial charge in [0, 0.05) is 36.5 Å². The van der Waals surface area contributed by atoms with Crippen LogP contribution < -0.4 is 5.73 Å². The van der Waals surface area contributed by atoms with Gasteiger partial charge in [-0.25, -0.2) is 4.79 Å². The number of aliphatic hydroxyl groups excluding tert-OH is 2. The van der Waals surface area contributed by atoms with E-state index in [1.165, 1.54) is 6.92 Å². The number of carbonyl (C=O) groups excluding carboxylic acids is 3. The molecule has 1 heterocycles. The van der Waals surface area contributed by atoms with Crippen LogP contribution in [0.4, 0.5) is 0 Å². The lowest BCUT2D eigenvalue weighted by molar-refractivity contribution is -0.294. The Morgan fingerprint density at radius 3 is 2.17 bits per heavy atom. The largest absolute Gasteiger partial charge is 0.456 e. The number of carbonyl (C=O) groups is 3. The quantitative estimate of drug-likeness (QED) is 0.266. The number of rotatable bonds is 6. The molecular weight excluding hydrogens is 614 g/mol. The van der Waals surface area contributed by atoms with Gasteiger partial charge in [0.25, 0.3) is 0 Å². The average Bonchev–Trinajstić information content (AvgIpc) is 3.05. The highest BCUT2D eigenvalue weighted by atomic mass is 16.6. The van der Waals surface area contributed by atoms with E-state index in [0.717, 1.165) is 5.56 Å². The number of aliphatic hydroxyl groups is 3. The van der Waals surface area contributed by atoms with Crippen molar-refractivity contribution in [1.29, 1.82) is 0 Å². The topological polar surface area (TPSA) is 166 Å². The maximum absolute atomic E-state index is 15.2. The van der Waals surface area contributed by atoms with Crippen LogP contribution >= 0.6 is 0 Å². The summed E-state index contributed by atoms with van der Waals surface area (Å²) >= 11 is 0. The summed E-state index contributed by atoms with van der Waals surface area (Å²) in [6, 6.07) is 17.0. The molecule has 6 rings (SSSR count). The Morgan fingerprint density at radius 1 is 1.00 bits per heavy atom. The van der Waals surface area contributed by atoms with Crippen LogP contribution in [-0.2, 0) is 28.6 Å². The summed E-state index contributed by atoms with van der Waals surface area (Å²) in [5.41, 5.74) is 3.25. The third-order valence-corrected chi connectivity index (χ3v) is 12.3. The normalized spacial score (nSPS) is 38.2. The highest BCUT2D eigenvalue weighted by Gasteiger charge is 2.74. The van der Waals surface area contributed by atoms with Crippen LogP contribution in [0.2, 0.25) is 0 Å². The van der Waals surface area contributed by atoms with Gasteiger partial charge in [-0.1, -0.05) is 81.4 Å². The molecular formula is C38H47NO9. The molecule has 258 valence electrons. The van der Waals surface area contributed by atoms with Crippen LogP contribution in [0.15, 0.2) is 71.8 Å². The fourth-order valence-corrected chi connectivity index (χ4v) is 9.56. The van der Waals surface area contributed by atoms with Gasteiger partial charge in [0.1, 0.15) is 6.10 Å². The second-order valence-corrected chi connectivity index (χ2v) is 15.2. The van der Waals surface area contributed by atoms with Crippen molar-refractivity contribution in [3.63, 3.8) is 0 Å². The minimum atomic E-state index is -1.73. The van der Waals surface area contributed by atoms with Gasteiger partial charge >= 0.3 is 11.9 Å². The molecule has 2 saturated carbocycles. The van der Waals surface area contributed by atoms with E-state index in [2.05, 4.69) is 0 Å². The summed E-state index contributed by atoms with van der Waals surface area (Å²) in [7, 11) is 0. The molecule has 11 atom stereocenters. The fraction of sp³-hybridized carbons (Fsp3) is 0.553. The minimum absolute atomic E-state index is 0.0980. The zero-order chi connectivity index (χ0) is 35.0. The van der Waals surface area contributed by atoms with Crippen LogP contribution in [0, 0.1) is 22.2 Å². The molecule has 0 radical (unpaired) electrons. The van der Waals surface area contributed by atoms with E-state index in [-0.39, 0.29) is 18.9 Å². The molecule has 2 aromatic carbocycles. The van der Waals surface area contributed by atoms with Crippen LogP contribution in [-0.4, -0.2) is 75.8 Å². The monoisotopic (exact) mass is 661 g/mol. The summed E-state index contributed by atoms with van der Waals surface area (Å²) < 4.78 is 17.9. The molecule has 2 unspecified atom stereocenters. The summed E-state index contributed by atoms with van der Waals surface area (Å²) in [6.07, 6.45) is -5.73. The van der Waals surface area contributed by atoms with Gasteiger partial charge in [0.05, 0.1) is 35.9 Å². The lowest BCUT2D eigenvalue weighted by Gasteiger charge is -2.69. The van der Waals surface area contributed by atoms with Crippen molar-refractivity contribution < 1.29 is 43.9 Å². The molecule has 2 aromatic rings. The number of hydrogen-bond donors (Lipinski definition) is 4. The molecule has 4 aliphatic rings. The van der Waals surface area contributed by atoms with Crippen LogP contribution in [0.1, 0.15) is 77.5 Å². The lowest BCUT2D eigenvalue weighted by Crippen LogP contribution is -2.75. The molecule has 2 bridgehead atoms. The molecule has 0 aromatic heterocycles. The second kappa shape index (κ2) is 11.9. The van der Waals surface area contributed by atoms with E-state index in [9.17, 15) is 24.9 Å². The molecule has 3 fully saturated rings. The maximum atomic E-state index is 15.2. The molecule has 3 aliphatic carbocycles. The molecule has 0 spiro atoms. The van der Waals surface area contributed by atoms with Gasteiger partial charge in [-0.3, -0.25) is 9.59 Å². The molecule has 5 N–H and O–H groups in total. The van der Waals surface area contributed by atoms with Crippen molar-refractivity contribution in [3.8, 4) is 0 Å². The van der Waals surface area contributed by atoms with Crippen molar-refractivity contribution in [2.75, 3.05) is 6.61 Å². The predicted octanol–water partition coefficient (Wildman–Crippen LogP) is 3.53. The summed E-state index contributed by atoms with van der Waals surface area (Å²) in [4.78, 5) is 41.5. The van der Waals surface area contributed by atoms with Crippen LogP contribution in [0.3, 0.4) is 0 Å². The van der Waals surface area contributed by atoms with Crippen LogP contribution in [0.25, 0.3) is 0 Å². The Hall–Kier alpha value is -3.41. The number of ether oxygens (including phenoxy) is 3. The van der Waals surface area contributed by atoms with Crippen LogP contribution in [0.5, 0.6) is 0 Å². The highest BCUT2D eigenvalue weighted by molar-refractivity contribution is 5.95. The fourth-order valence-electron chi connectivity index (χ4n) is 9.56. The number of esters is 2. The van der Waals surface area contributed by atoms with Crippen molar-refractivity contribution in [3.05, 3.63) is 82.9 Å². The van der Waals surface area contributed by atoms with E-state index in [4.69, 9.17) is 19.9 Å². The Morgan fingerprint density at radius 2 is 1.60 bits per heavy atom. The van der Waals surface area contributed by atoms with Gasteiger partial charge < -0.3 is 35.3 Å². The van der Waals surface area contributed by atoms with Crippen molar-refractivity contribution in [2.24, 2.45) is 27.9 Å². The van der Waals surface area contributed by atoms with E-state index in [0.29, 0.717) is 23.3 Å². The Kier molecular flexibility index (Phi) is 8.53. The molecule has 1 saturated heterocycles. The van der Waals surface area contributed by atoms with Crippen molar-refractivity contribution in [2.45, 2.75) is 102 Å². The first-order valence-corrected chi connectivity index (χ1v) is 16.7. The molecule has 10 nitrogen and oxygen atoms in total. The van der Waals surface area contributed by atoms with Gasteiger partial charge in [0.15, 0.2) is 18.0 Å². The third kappa shape index (κ3) is 4.90. The summed E-state index contributed by atoms with van der Waals surface area (Å²) in [5.74, 6) is -3.63. The number of fused-ring (bicyclic) bond motifs is 5. The Balaban J connectivity index is 1.56. The SMILES string of the molecule is CC(=O)O[C@H]1C(=O)[C@@]2(C)C(C(c3ccccc3)[C@]3(O)C[C@H](OC(=O)[C@H](O)[C@@H](N)c4ccccc4)C(C)=C1C3(C)C)[C@]1(C)CO[C@@H]1C[C@@H]2O. The Bertz CT molecular complexity index is 1620.